The van der Waals surface area contributed by atoms with Gasteiger partial charge >= 0.3 is 0 Å². The van der Waals surface area contributed by atoms with E-state index in [0.717, 1.165) is 24.3 Å². The van der Waals surface area contributed by atoms with E-state index in [1.807, 2.05) is 4.83 Å². The number of hydrazone groups is 1. The van der Waals surface area contributed by atoms with Gasteiger partial charge < -0.3 is 5.11 Å². The second-order valence-corrected chi connectivity index (χ2v) is 7.51. The predicted octanol–water partition coefficient (Wildman–Crippen LogP) is 3.37. The molecule has 2 N–H and O–H groups in total. The number of sulfonamides is 1. The Morgan fingerprint density at radius 2 is 1.68 bits per heavy atom. The van der Waals surface area contributed by atoms with Crippen LogP contribution in [0, 0.1) is 5.82 Å². The normalized spacial score (nSPS) is 11.8. The molecule has 9 heteroatoms. The maximum absolute atomic E-state index is 12.8. The molecule has 0 unspecified atom stereocenters. The number of phenolic OH excluding ortho intramolecular Hbond substituents is 1. The molecule has 2 rings (SSSR count). The van der Waals surface area contributed by atoms with Gasteiger partial charge in [0.15, 0.2) is 0 Å². The maximum Gasteiger partial charge on any atom is 0.276 e. The van der Waals surface area contributed by atoms with E-state index < -0.39 is 15.8 Å². The summed E-state index contributed by atoms with van der Waals surface area (Å²) in [4.78, 5) is 1.92. The SMILES string of the molecule is O=S(=O)(N/N=C/c1cc(Br)c(O)c(Br)c1)c1ccc(F)cc1. The molecule has 0 heterocycles. The van der Waals surface area contributed by atoms with Crippen molar-refractivity contribution in [2.75, 3.05) is 0 Å². The maximum atomic E-state index is 12.8. The standard InChI is InChI=1S/C13H9Br2FN2O3S/c14-11-5-8(6-12(15)13(11)19)7-17-18-22(20,21)10-3-1-9(16)2-4-10/h1-7,18-19H/b17-7+. The number of rotatable bonds is 4. The molecule has 22 heavy (non-hydrogen) atoms. The summed E-state index contributed by atoms with van der Waals surface area (Å²) in [5.41, 5.74) is 0.554. The number of aromatic hydroxyl groups is 1. The summed E-state index contributed by atoms with van der Waals surface area (Å²) in [6.45, 7) is 0. The van der Waals surface area contributed by atoms with Gasteiger partial charge in [-0.3, -0.25) is 0 Å². The molecule has 0 bridgehead atoms. The van der Waals surface area contributed by atoms with Crippen LogP contribution < -0.4 is 4.83 Å². The molecule has 2 aromatic rings. The van der Waals surface area contributed by atoms with Crippen LogP contribution in [0.2, 0.25) is 0 Å². The number of phenols is 1. The van der Waals surface area contributed by atoms with Crippen LogP contribution in [0.4, 0.5) is 4.39 Å². The summed E-state index contributed by atoms with van der Waals surface area (Å²) in [5.74, 6) is -0.495. The molecule has 0 fully saturated rings. The van der Waals surface area contributed by atoms with E-state index in [2.05, 4.69) is 37.0 Å². The van der Waals surface area contributed by atoms with Crippen LogP contribution >= 0.6 is 31.9 Å². The van der Waals surface area contributed by atoms with E-state index in [1.54, 1.807) is 12.1 Å². The third-order valence-electron chi connectivity index (χ3n) is 2.55. The Kier molecular flexibility index (Phi) is 5.20. The van der Waals surface area contributed by atoms with Crippen LogP contribution in [-0.2, 0) is 10.0 Å². The Balaban J connectivity index is 2.16. The van der Waals surface area contributed by atoms with Crippen LogP contribution in [0.15, 0.2) is 55.3 Å². The minimum absolute atomic E-state index is 0.0315. The average Bonchev–Trinajstić information content (AvgIpc) is 2.45. The first-order valence-corrected chi connectivity index (χ1v) is 8.85. The molecular formula is C13H9Br2FN2O3S. The number of halogens is 3. The van der Waals surface area contributed by atoms with Gasteiger partial charge in [0.25, 0.3) is 10.0 Å². The highest BCUT2D eigenvalue weighted by molar-refractivity contribution is 9.11. The van der Waals surface area contributed by atoms with Gasteiger partial charge in [-0.25, -0.2) is 9.22 Å². The van der Waals surface area contributed by atoms with E-state index in [9.17, 15) is 17.9 Å². The molecule has 2 aromatic carbocycles. The minimum Gasteiger partial charge on any atom is -0.506 e. The van der Waals surface area contributed by atoms with E-state index in [-0.39, 0.29) is 10.6 Å². The smallest absolute Gasteiger partial charge is 0.276 e. The Labute approximate surface area is 143 Å². The molecule has 0 aliphatic rings. The molecule has 0 aromatic heterocycles. The lowest BCUT2D eigenvalue weighted by atomic mass is 10.2. The summed E-state index contributed by atoms with van der Waals surface area (Å²) in [6.07, 6.45) is 1.27. The second-order valence-electron chi connectivity index (χ2n) is 4.14. The first-order valence-electron chi connectivity index (χ1n) is 5.78. The molecule has 0 saturated carbocycles. The topological polar surface area (TPSA) is 78.8 Å². The monoisotopic (exact) mass is 450 g/mol. The van der Waals surface area contributed by atoms with Crippen LogP contribution in [0.3, 0.4) is 0 Å². The van der Waals surface area contributed by atoms with Crippen molar-refractivity contribution in [1.82, 2.24) is 4.83 Å². The molecule has 5 nitrogen and oxygen atoms in total. The van der Waals surface area contributed by atoms with Crippen LogP contribution in [0.25, 0.3) is 0 Å². The Morgan fingerprint density at radius 1 is 1.14 bits per heavy atom. The van der Waals surface area contributed by atoms with Crippen LogP contribution in [-0.4, -0.2) is 19.7 Å². The predicted molar refractivity (Wildman–Crippen MR) is 87.8 cm³/mol. The van der Waals surface area contributed by atoms with Gasteiger partial charge in [0.1, 0.15) is 11.6 Å². The first kappa shape index (κ1) is 16.9. The van der Waals surface area contributed by atoms with Gasteiger partial charge in [-0.05, 0) is 73.8 Å². The van der Waals surface area contributed by atoms with E-state index >= 15 is 0 Å². The molecule has 0 spiro atoms. The zero-order valence-corrected chi connectivity index (χ0v) is 14.8. The van der Waals surface area contributed by atoms with Crippen molar-refractivity contribution in [3.8, 4) is 5.75 Å². The highest BCUT2D eigenvalue weighted by Crippen LogP contribution is 2.32. The molecule has 0 aliphatic heterocycles. The summed E-state index contributed by atoms with van der Waals surface area (Å²) >= 11 is 6.31. The molecular weight excluding hydrogens is 443 g/mol. The molecule has 0 aliphatic carbocycles. The lowest BCUT2D eigenvalue weighted by Crippen LogP contribution is -2.18. The zero-order chi connectivity index (χ0) is 16.3. The Morgan fingerprint density at radius 3 is 2.23 bits per heavy atom. The zero-order valence-electron chi connectivity index (χ0n) is 10.8. The fourth-order valence-corrected chi connectivity index (χ4v) is 3.51. The van der Waals surface area contributed by atoms with Crippen LogP contribution in [0.5, 0.6) is 5.75 Å². The number of hydrogen-bond acceptors (Lipinski definition) is 4. The van der Waals surface area contributed by atoms with Crippen molar-refractivity contribution < 1.29 is 17.9 Å². The molecule has 0 amide bonds. The van der Waals surface area contributed by atoms with Crippen molar-refractivity contribution in [3.05, 3.63) is 56.7 Å². The summed E-state index contributed by atoms with van der Waals surface area (Å²) < 4.78 is 37.5. The molecule has 116 valence electrons. The number of nitrogens with zero attached hydrogens (tertiary/aromatic N) is 1. The summed E-state index contributed by atoms with van der Waals surface area (Å²) in [6, 6.07) is 7.51. The fraction of sp³-hybridized carbons (Fsp3) is 0. The third-order valence-corrected chi connectivity index (χ3v) is 5.00. The van der Waals surface area contributed by atoms with Gasteiger partial charge in [-0.2, -0.15) is 13.5 Å². The van der Waals surface area contributed by atoms with Gasteiger partial charge in [0.2, 0.25) is 0 Å². The van der Waals surface area contributed by atoms with Crippen molar-refractivity contribution in [1.29, 1.82) is 0 Å². The first-order chi connectivity index (χ1) is 10.3. The Hall–Kier alpha value is -1.45. The lowest BCUT2D eigenvalue weighted by Gasteiger charge is -2.04. The summed E-state index contributed by atoms with van der Waals surface area (Å²) in [7, 11) is -3.86. The lowest BCUT2D eigenvalue weighted by molar-refractivity contribution is 0.468. The second kappa shape index (κ2) is 6.76. The number of hydrogen-bond donors (Lipinski definition) is 2. The van der Waals surface area contributed by atoms with Gasteiger partial charge in [0.05, 0.1) is 20.1 Å². The number of benzene rings is 2. The van der Waals surface area contributed by atoms with Gasteiger partial charge in [0, 0.05) is 0 Å². The average molecular weight is 452 g/mol. The van der Waals surface area contributed by atoms with E-state index in [0.29, 0.717) is 14.5 Å². The van der Waals surface area contributed by atoms with Crippen molar-refractivity contribution >= 4 is 48.1 Å². The van der Waals surface area contributed by atoms with E-state index in [1.165, 1.54) is 6.21 Å². The van der Waals surface area contributed by atoms with Gasteiger partial charge in [-0.15, -0.1) is 0 Å². The highest BCUT2D eigenvalue weighted by Gasteiger charge is 2.12. The quantitative estimate of drug-likeness (QED) is 0.552. The minimum atomic E-state index is -3.86. The molecule has 0 atom stereocenters. The third kappa shape index (κ3) is 4.05. The highest BCUT2D eigenvalue weighted by atomic mass is 79.9. The van der Waals surface area contributed by atoms with Crippen LogP contribution in [0.1, 0.15) is 5.56 Å². The molecule has 0 radical (unpaired) electrons. The number of nitrogens with one attached hydrogen (secondary N) is 1. The summed E-state index contributed by atoms with van der Waals surface area (Å²) in [5, 5.41) is 13.2. The Bertz CT molecular complexity index is 801. The van der Waals surface area contributed by atoms with E-state index in [4.69, 9.17) is 0 Å². The fourth-order valence-electron chi connectivity index (χ4n) is 1.50. The van der Waals surface area contributed by atoms with Crippen molar-refractivity contribution in [2.24, 2.45) is 5.10 Å². The van der Waals surface area contributed by atoms with Crippen molar-refractivity contribution in [3.63, 3.8) is 0 Å². The largest absolute Gasteiger partial charge is 0.506 e. The van der Waals surface area contributed by atoms with Gasteiger partial charge in [-0.1, -0.05) is 0 Å². The van der Waals surface area contributed by atoms with Crippen molar-refractivity contribution in [2.45, 2.75) is 4.90 Å². The molecule has 0 saturated heterocycles.